The Kier molecular flexibility index (Phi) is 8.12. The first-order chi connectivity index (χ1) is 18.9. The minimum absolute atomic E-state index is 0.279. The van der Waals surface area contributed by atoms with E-state index >= 15 is 0 Å². The Hall–Kier alpha value is -1.09. The largest absolute Gasteiger partial charge is 0.316 e. The molecule has 3 aliphatic heterocycles. The highest BCUT2D eigenvalue weighted by Gasteiger charge is 2.50. The van der Waals surface area contributed by atoms with Gasteiger partial charge < -0.3 is 10.6 Å². The lowest BCUT2D eigenvalue weighted by Gasteiger charge is -2.53. The third kappa shape index (κ3) is 5.21. The average Bonchev–Trinajstić information content (AvgIpc) is 3.74. The Labute approximate surface area is 243 Å². The summed E-state index contributed by atoms with van der Waals surface area (Å²) < 4.78 is 0. The van der Waals surface area contributed by atoms with E-state index in [4.69, 9.17) is 0 Å². The molecule has 2 aliphatic carbocycles. The molecule has 2 aromatic heterocycles. The van der Waals surface area contributed by atoms with E-state index in [9.17, 15) is 4.79 Å². The molecule has 214 valence electrons. The van der Waals surface area contributed by atoms with E-state index in [0.29, 0.717) is 22.2 Å². The summed E-state index contributed by atoms with van der Waals surface area (Å²) >= 11 is 3.56. The molecule has 5 nitrogen and oxygen atoms in total. The van der Waals surface area contributed by atoms with Gasteiger partial charge in [0.1, 0.15) is 0 Å². The summed E-state index contributed by atoms with van der Waals surface area (Å²) in [6.45, 7) is 7.45. The molecule has 0 unspecified atom stereocenters. The first-order valence-corrected chi connectivity index (χ1v) is 17.1. The fraction of sp³-hybridized carbons (Fsp3) is 0.719. The number of rotatable bonds is 5. The monoisotopic (exact) mass is 568 g/mol. The lowest BCUT2D eigenvalue weighted by Crippen LogP contribution is -2.55. The van der Waals surface area contributed by atoms with Crippen molar-refractivity contribution < 1.29 is 4.79 Å². The van der Waals surface area contributed by atoms with Crippen LogP contribution in [0.15, 0.2) is 35.0 Å². The quantitative estimate of drug-likeness (QED) is 0.434. The van der Waals surface area contributed by atoms with E-state index in [1.807, 2.05) is 28.8 Å². The molecule has 5 heterocycles. The van der Waals surface area contributed by atoms with E-state index in [-0.39, 0.29) is 5.54 Å². The van der Waals surface area contributed by atoms with Crippen molar-refractivity contribution in [3.8, 4) is 0 Å². The molecule has 0 amide bonds. The highest BCUT2D eigenvalue weighted by molar-refractivity contribution is 7.12. The number of hydrogen-bond donors (Lipinski definition) is 2. The summed E-state index contributed by atoms with van der Waals surface area (Å²) in [7, 11) is 4.13. The van der Waals surface area contributed by atoms with Gasteiger partial charge in [-0.1, -0.05) is 12.1 Å². The number of likely N-dealkylation sites (tertiary alicyclic amines) is 1. The second-order valence-corrected chi connectivity index (χ2v) is 15.3. The van der Waals surface area contributed by atoms with Crippen molar-refractivity contribution in [2.45, 2.75) is 81.7 Å². The van der Waals surface area contributed by atoms with Crippen molar-refractivity contribution in [1.29, 1.82) is 0 Å². The Bertz CT molecular complexity index is 1060. The summed E-state index contributed by atoms with van der Waals surface area (Å²) in [4.78, 5) is 20.5. The smallest absolute Gasteiger partial charge is 0.192 e. The van der Waals surface area contributed by atoms with Crippen molar-refractivity contribution in [2.24, 2.45) is 10.8 Å². The van der Waals surface area contributed by atoms with Crippen LogP contribution in [0, 0.1) is 10.8 Å². The highest BCUT2D eigenvalue weighted by Crippen LogP contribution is 2.53. The van der Waals surface area contributed by atoms with Gasteiger partial charge in [0.25, 0.3) is 0 Å². The SMILES string of the molecule is CN(C)C1(C(=O)c2cccs2)CCC2(CCNC2)CC1.c1csc(C2(N3CCC3)CCC3(CCNC3)CC2)c1. The van der Waals surface area contributed by atoms with E-state index in [1.165, 1.54) is 84.0 Å². The Morgan fingerprint density at radius 1 is 0.795 bits per heavy atom. The maximum atomic E-state index is 13.0. The molecule has 0 radical (unpaired) electrons. The summed E-state index contributed by atoms with van der Waals surface area (Å²) in [5.74, 6) is 0.332. The molecule has 2 spiro atoms. The van der Waals surface area contributed by atoms with E-state index in [2.05, 4.69) is 52.0 Å². The summed E-state index contributed by atoms with van der Waals surface area (Å²) in [6, 6.07) is 8.57. The molecule has 0 atom stereocenters. The predicted octanol–water partition coefficient (Wildman–Crippen LogP) is 5.99. The van der Waals surface area contributed by atoms with Gasteiger partial charge in [0, 0.05) is 31.1 Å². The number of hydrogen-bond acceptors (Lipinski definition) is 7. The van der Waals surface area contributed by atoms with Crippen LogP contribution in [-0.2, 0) is 5.54 Å². The van der Waals surface area contributed by atoms with Crippen LogP contribution >= 0.6 is 22.7 Å². The van der Waals surface area contributed by atoms with Crippen molar-refractivity contribution in [1.82, 2.24) is 20.4 Å². The summed E-state index contributed by atoms with van der Waals surface area (Å²) in [6.07, 6.45) is 14.1. The molecule has 2 saturated carbocycles. The number of carbonyl (C=O) groups is 1. The maximum Gasteiger partial charge on any atom is 0.192 e. The summed E-state index contributed by atoms with van der Waals surface area (Å²) in [5.41, 5.74) is 1.24. The first-order valence-electron chi connectivity index (χ1n) is 15.4. The topological polar surface area (TPSA) is 47.6 Å². The van der Waals surface area contributed by atoms with Gasteiger partial charge >= 0.3 is 0 Å². The van der Waals surface area contributed by atoms with Gasteiger partial charge in [0.05, 0.1) is 16.0 Å². The van der Waals surface area contributed by atoms with Crippen LogP contribution in [0.25, 0.3) is 0 Å². The molecule has 39 heavy (non-hydrogen) atoms. The lowest BCUT2D eigenvalue weighted by atomic mass is 9.65. The molecule has 2 aromatic rings. The zero-order chi connectivity index (χ0) is 27.0. The predicted molar refractivity (Wildman–Crippen MR) is 164 cm³/mol. The normalized spacial score (nSPS) is 36.7. The maximum absolute atomic E-state index is 13.0. The number of nitrogens with one attached hydrogen (secondary N) is 2. The third-order valence-corrected chi connectivity index (χ3v) is 13.3. The number of ketones is 1. The molecule has 0 bridgehead atoms. The van der Waals surface area contributed by atoms with Crippen LogP contribution in [0.5, 0.6) is 0 Å². The lowest BCUT2D eigenvalue weighted by molar-refractivity contribution is -0.0273. The zero-order valence-corrected chi connectivity index (χ0v) is 25.7. The van der Waals surface area contributed by atoms with Crippen LogP contribution < -0.4 is 10.6 Å². The summed E-state index contributed by atoms with van der Waals surface area (Å²) in [5, 5.41) is 11.4. The van der Waals surface area contributed by atoms with Crippen LogP contribution in [0.4, 0.5) is 0 Å². The second kappa shape index (κ2) is 11.3. The fourth-order valence-corrected chi connectivity index (χ4v) is 10.1. The molecular weight excluding hydrogens is 521 g/mol. The molecular formula is C32H48N4OS2. The minimum Gasteiger partial charge on any atom is -0.316 e. The van der Waals surface area contributed by atoms with Crippen molar-refractivity contribution in [3.63, 3.8) is 0 Å². The molecule has 5 aliphatic rings. The zero-order valence-electron chi connectivity index (χ0n) is 24.1. The van der Waals surface area contributed by atoms with Gasteiger partial charge in [0.2, 0.25) is 0 Å². The highest BCUT2D eigenvalue weighted by atomic mass is 32.1. The van der Waals surface area contributed by atoms with Crippen LogP contribution in [0.1, 0.15) is 85.2 Å². The molecule has 0 aromatic carbocycles. The first kappa shape index (κ1) is 28.0. The molecule has 5 fully saturated rings. The standard InChI is InChI=1S/C16H24N2OS.C16H24N2S/c1-18(2)16(14(19)13-4-3-11-20-13)7-5-15(6-8-16)9-10-17-12-15;1-3-14(19-12-1)16(18-10-2-11-18)6-4-15(5-7-16)8-9-17-13-15/h3-4,11,17H,5-10,12H2,1-2H3;1,3,12,17H,2,4-11,13H2. The molecule has 3 saturated heterocycles. The number of likely N-dealkylation sites (N-methyl/N-ethyl adjacent to an activating group) is 1. The van der Waals surface area contributed by atoms with Crippen molar-refractivity contribution in [3.05, 3.63) is 44.8 Å². The van der Waals surface area contributed by atoms with E-state index in [1.54, 1.807) is 16.2 Å². The van der Waals surface area contributed by atoms with Crippen LogP contribution in [0.2, 0.25) is 0 Å². The van der Waals surface area contributed by atoms with Gasteiger partial charge in [-0.15, -0.1) is 22.7 Å². The van der Waals surface area contributed by atoms with E-state index < -0.39 is 0 Å². The number of Topliss-reactive ketones (excluding diaryl/α,β-unsaturated/α-hetero) is 1. The Morgan fingerprint density at radius 2 is 1.38 bits per heavy atom. The van der Waals surface area contributed by atoms with Gasteiger partial charge in [-0.25, -0.2) is 0 Å². The van der Waals surface area contributed by atoms with Gasteiger partial charge in [0.15, 0.2) is 5.78 Å². The Balaban J connectivity index is 0.000000142. The molecule has 7 rings (SSSR count). The van der Waals surface area contributed by atoms with Crippen LogP contribution in [-0.4, -0.2) is 74.5 Å². The van der Waals surface area contributed by atoms with E-state index in [0.717, 1.165) is 30.8 Å². The van der Waals surface area contributed by atoms with Gasteiger partial charge in [-0.2, -0.15) is 0 Å². The Morgan fingerprint density at radius 3 is 1.82 bits per heavy atom. The van der Waals surface area contributed by atoms with Gasteiger partial charge in [-0.05, 0) is 132 Å². The number of nitrogens with zero attached hydrogens (tertiary/aromatic N) is 2. The van der Waals surface area contributed by atoms with Gasteiger partial charge in [-0.3, -0.25) is 14.6 Å². The van der Waals surface area contributed by atoms with Crippen molar-refractivity contribution in [2.75, 3.05) is 53.4 Å². The molecule has 2 N–H and O–H groups in total. The number of thiophene rings is 2. The number of carbonyl (C=O) groups excluding carboxylic acids is 1. The second-order valence-electron chi connectivity index (χ2n) is 13.4. The van der Waals surface area contributed by atoms with Crippen LogP contribution in [0.3, 0.4) is 0 Å². The fourth-order valence-electron chi connectivity index (χ4n) is 8.35. The molecule has 7 heteroatoms. The van der Waals surface area contributed by atoms with Crippen molar-refractivity contribution >= 4 is 28.5 Å². The average molecular weight is 569 g/mol. The third-order valence-electron chi connectivity index (χ3n) is 11.4. The minimum atomic E-state index is -0.279.